The first-order chi connectivity index (χ1) is 13.3. The highest BCUT2D eigenvalue weighted by Gasteiger charge is 2.55. The summed E-state index contributed by atoms with van der Waals surface area (Å²) < 4.78 is 16.6. The van der Waals surface area contributed by atoms with E-state index in [1.165, 1.54) is 11.1 Å². The van der Waals surface area contributed by atoms with Gasteiger partial charge in [-0.3, -0.25) is 0 Å². The number of rotatable bonds is 4. The number of nitrogens with zero attached hydrogens (tertiary/aromatic N) is 1. The molecule has 0 aliphatic heterocycles. The number of hydrogen-bond acceptors (Lipinski definition) is 5. The molecule has 0 saturated heterocycles. The molecule has 1 heterocycles. The average molecular weight is 383 g/mol. The van der Waals surface area contributed by atoms with Crippen LogP contribution in [-0.4, -0.2) is 24.8 Å². The third-order valence-corrected chi connectivity index (χ3v) is 6.82. The van der Waals surface area contributed by atoms with Crippen LogP contribution in [-0.2, 0) is 28.4 Å². The molecule has 0 N–H and O–H groups in total. The Morgan fingerprint density at radius 1 is 1.32 bits per heavy atom. The van der Waals surface area contributed by atoms with Crippen molar-refractivity contribution < 1.29 is 18.8 Å². The zero-order valence-electron chi connectivity index (χ0n) is 17.4. The minimum atomic E-state index is -0.383. The maximum absolute atomic E-state index is 12.6. The van der Waals surface area contributed by atoms with Crippen LogP contribution in [0.5, 0.6) is 5.75 Å². The van der Waals surface area contributed by atoms with Crippen LogP contribution >= 0.6 is 0 Å². The van der Waals surface area contributed by atoms with Crippen molar-refractivity contribution in [1.82, 2.24) is 5.16 Å². The number of aryl methyl sites for hydroxylation is 1. The fraction of sp³-hybridized carbons (Fsp3) is 0.565. The van der Waals surface area contributed by atoms with E-state index in [4.69, 9.17) is 14.0 Å². The van der Waals surface area contributed by atoms with E-state index in [0.717, 1.165) is 42.8 Å². The summed E-state index contributed by atoms with van der Waals surface area (Å²) in [5.41, 5.74) is 3.58. The molecule has 2 aliphatic carbocycles. The first-order valence-corrected chi connectivity index (χ1v) is 10.2. The highest BCUT2D eigenvalue weighted by Crippen LogP contribution is 2.57. The summed E-state index contributed by atoms with van der Waals surface area (Å²) in [7, 11) is 1.70. The van der Waals surface area contributed by atoms with Gasteiger partial charge < -0.3 is 14.0 Å². The lowest BCUT2D eigenvalue weighted by atomic mass is 9.50. The molecule has 2 atom stereocenters. The van der Waals surface area contributed by atoms with Crippen LogP contribution in [0, 0.1) is 5.92 Å². The van der Waals surface area contributed by atoms with E-state index < -0.39 is 0 Å². The standard InChI is InChI=1S/C23H29NO4/c1-6-11-27-21(25)19-16-13-23(4)17-12-15(26-5)9-7-14(17)8-10-18(23)22(2,3)20(16)28-24-19/h7,9,12,18H,6,8,10-11,13H2,1-5H3/t18-,23+/m0/s1. The van der Waals surface area contributed by atoms with E-state index in [0.29, 0.717) is 18.2 Å². The normalized spacial score (nSPS) is 24.7. The zero-order chi connectivity index (χ0) is 20.1. The Hall–Kier alpha value is -2.30. The van der Waals surface area contributed by atoms with Crippen LogP contribution in [0.2, 0.25) is 0 Å². The highest BCUT2D eigenvalue weighted by atomic mass is 16.5. The molecule has 2 aliphatic rings. The molecule has 0 unspecified atom stereocenters. The molecule has 28 heavy (non-hydrogen) atoms. The molecule has 0 amide bonds. The van der Waals surface area contributed by atoms with E-state index in [2.05, 4.69) is 38.1 Å². The quantitative estimate of drug-likeness (QED) is 0.722. The van der Waals surface area contributed by atoms with Gasteiger partial charge in [0, 0.05) is 16.4 Å². The van der Waals surface area contributed by atoms with Crippen LogP contribution < -0.4 is 4.74 Å². The molecule has 5 heteroatoms. The predicted octanol–water partition coefficient (Wildman–Crippen LogP) is 4.60. The van der Waals surface area contributed by atoms with Crippen molar-refractivity contribution >= 4 is 5.97 Å². The summed E-state index contributed by atoms with van der Waals surface area (Å²) in [5, 5.41) is 4.15. The van der Waals surface area contributed by atoms with Gasteiger partial charge >= 0.3 is 5.97 Å². The molecule has 1 aromatic carbocycles. The third-order valence-electron chi connectivity index (χ3n) is 6.82. The van der Waals surface area contributed by atoms with Crippen molar-refractivity contribution in [3.8, 4) is 5.75 Å². The van der Waals surface area contributed by atoms with Crippen LogP contribution in [0.1, 0.15) is 73.5 Å². The minimum absolute atomic E-state index is 0.121. The fourth-order valence-electron chi connectivity index (χ4n) is 5.54. The van der Waals surface area contributed by atoms with Crippen LogP contribution in [0.3, 0.4) is 0 Å². The molecule has 0 saturated carbocycles. The van der Waals surface area contributed by atoms with Gasteiger partial charge in [0.15, 0.2) is 5.69 Å². The first-order valence-electron chi connectivity index (χ1n) is 10.2. The van der Waals surface area contributed by atoms with Gasteiger partial charge in [-0.05, 0) is 54.9 Å². The maximum Gasteiger partial charge on any atom is 0.360 e. The lowest BCUT2D eigenvalue weighted by Crippen LogP contribution is -2.51. The largest absolute Gasteiger partial charge is 0.497 e. The van der Waals surface area contributed by atoms with Crippen molar-refractivity contribution in [2.75, 3.05) is 13.7 Å². The van der Waals surface area contributed by atoms with Crippen molar-refractivity contribution in [3.05, 3.63) is 46.3 Å². The van der Waals surface area contributed by atoms with Crippen LogP contribution in [0.25, 0.3) is 0 Å². The molecule has 5 nitrogen and oxygen atoms in total. The first kappa shape index (κ1) is 19.0. The summed E-state index contributed by atoms with van der Waals surface area (Å²) in [6.45, 7) is 9.11. The number of fused-ring (bicyclic) bond motifs is 4. The highest BCUT2D eigenvalue weighted by molar-refractivity contribution is 5.89. The monoisotopic (exact) mass is 383 g/mol. The topological polar surface area (TPSA) is 61.6 Å². The Morgan fingerprint density at radius 2 is 2.11 bits per heavy atom. The summed E-state index contributed by atoms with van der Waals surface area (Å²) in [6.07, 6.45) is 3.62. The molecule has 2 aromatic rings. The van der Waals surface area contributed by atoms with Crippen molar-refractivity contribution in [3.63, 3.8) is 0 Å². The number of ether oxygens (including phenoxy) is 2. The third kappa shape index (κ3) is 2.66. The zero-order valence-corrected chi connectivity index (χ0v) is 17.4. The molecule has 1 aromatic heterocycles. The Balaban J connectivity index is 1.84. The second-order valence-electron chi connectivity index (χ2n) is 8.91. The van der Waals surface area contributed by atoms with Crippen LogP contribution in [0.15, 0.2) is 22.7 Å². The maximum atomic E-state index is 12.6. The number of benzene rings is 1. The summed E-state index contributed by atoms with van der Waals surface area (Å²) in [4.78, 5) is 12.6. The smallest absolute Gasteiger partial charge is 0.360 e. The molecule has 0 fully saturated rings. The summed E-state index contributed by atoms with van der Waals surface area (Å²) >= 11 is 0. The van der Waals surface area contributed by atoms with Gasteiger partial charge in [-0.2, -0.15) is 0 Å². The molecule has 0 bridgehead atoms. The number of methoxy groups -OCH3 is 1. The SMILES string of the molecule is CCCOC(=O)c1noc2c1C[C@]1(C)c3cc(OC)ccc3CC[C@H]1C2(C)C. The average Bonchev–Trinajstić information content (AvgIpc) is 3.10. The number of carbonyl (C=O) groups excluding carboxylic acids is 1. The van der Waals surface area contributed by atoms with Gasteiger partial charge in [-0.1, -0.05) is 38.9 Å². The number of carbonyl (C=O) groups is 1. The predicted molar refractivity (Wildman–Crippen MR) is 106 cm³/mol. The van der Waals surface area contributed by atoms with Crippen molar-refractivity contribution in [2.24, 2.45) is 5.92 Å². The molecule has 0 radical (unpaired) electrons. The van der Waals surface area contributed by atoms with E-state index >= 15 is 0 Å². The second-order valence-corrected chi connectivity index (χ2v) is 8.91. The summed E-state index contributed by atoms with van der Waals surface area (Å²) in [5.74, 6) is 1.72. The molecule has 150 valence electrons. The lowest BCUT2D eigenvalue weighted by Gasteiger charge is -2.52. The molecular formula is C23H29NO4. The Kier molecular flexibility index (Phi) is 4.52. The second kappa shape index (κ2) is 6.64. The number of hydrogen-bond donors (Lipinski definition) is 0. The number of esters is 1. The number of aromatic nitrogens is 1. The Labute approximate surface area is 166 Å². The van der Waals surface area contributed by atoms with Gasteiger partial charge in [0.2, 0.25) is 0 Å². The van der Waals surface area contributed by atoms with E-state index in [-0.39, 0.29) is 16.8 Å². The van der Waals surface area contributed by atoms with E-state index in [1.807, 2.05) is 13.0 Å². The van der Waals surface area contributed by atoms with Gasteiger partial charge in [-0.15, -0.1) is 0 Å². The lowest BCUT2D eigenvalue weighted by molar-refractivity contribution is 0.0492. The Morgan fingerprint density at radius 3 is 2.82 bits per heavy atom. The van der Waals surface area contributed by atoms with Crippen molar-refractivity contribution in [2.45, 2.75) is 64.2 Å². The van der Waals surface area contributed by atoms with Crippen molar-refractivity contribution in [1.29, 1.82) is 0 Å². The van der Waals surface area contributed by atoms with Gasteiger partial charge in [0.05, 0.1) is 13.7 Å². The molecule has 4 rings (SSSR count). The minimum Gasteiger partial charge on any atom is -0.497 e. The van der Waals surface area contributed by atoms with E-state index in [1.54, 1.807) is 7.11 Å². The fourth-order valence-corrected chi connectivity index (χ4v) is 5.54. The molecular weight excluding hydrogens is 354 g/mol. The summed E-state index contributed by atoms with van der Waals surface area (Å²) in [6, 6.07) is 6.39. The van der Waals surface area contributed by atoms with Gasteiger partial charge in [0.25, 0.3) is 0 Å². The van der Waals surface area contributed by atoms with E-state index in [9.17, 15) is 4.79 Å². The van der Waals surface area contributed by atoms with Gasteiger partial charge in [0.1, 0.15) is 11.5 Å². The van der Waals surface area contributed by atoms with Crippen LogP contribution in [0.4, 0.5) is 0 Å². The Bertz CT molecular complexity index is 913. The van der Waals surface area contributed by atoms with Gasteiger partial charge in [-0.25, -0.2) is 4.79 Å². The molecule has 0 spiro atoms.